The Balaban J connectivity index is 1.10. The van der Waals surface area contributed by atoms with E-state index in [1.165, 1.54) is 48.0 Å². The number of carbonyl (C=O) groups excluding carboxylic acids is 2. The third-order valence-corrected chi connectivity index (χ3v) is 11.9. The topological polar surface area (TPSA) is 107 Å². The number of aromatic nitrogens is 2. The number of rotatable bonds is 8. The van der Waals surface area contributed by atoms with Crippen LogP contribution in [0.1, 0.15) is 56.9 Å². The first-order valence-electron chi connectivity index (χ1n) is 15.9. The van der Waals surface area contributed by atoms with Crippen molar-refractivity contribution in [2.45, 2.75) is 43.4 Å². The van der Waals surface area contributed by atoms with Crippen molar-refractivity contribution in [3.05, 3.63) is 101 Å². The third kappa shape index (κ3) is 6.11. The number of aryl methyl sites for hydroxylation is 2. The van der Waals surface area contributed by atoms with Crippen molar-refractivity contribution in [1.29, 1.82) is 0 Å². The molecule has 6 rings (SSSR count). The number of hydrogen-bond donors (Lipinski definition) is 0. The number of benzene rings is 2. The number of likely N-dealkylation sites (tertiary alicyclic amines) is 2. The lowest BCUT2D eigenvalue weighted by Crippen LogP contribution is -2.46. The van der Waals surface area contributed by atoms with Crippen LogP contribution in [0.5, 0.6) is 0 Å². The Labute approximate surface area is 271 Å². The molecule has 1 atom stereocenters. The van der Waals surface area contributed by atoms with Gasteiger partial charge in [0.15, 0.2) is 0 Å². The molecular weight excluding hydrogens is 600 g/mol. The van der Waals surface area contributed by atoms with Gasteiger partial charge in [-0.3, -0.25) is 14.5 Å². The summed E-state index contributed by atoms with van der Waals surface area (Å²) in [5, 5.41) is 0. The molecule has 1 aromatic heterocycles. The Morgan fingerprint density at radius 1 is 0.913 bits per heavy atom. The number of amides is 2. The van der Waals surface area contributed by atoms with Gasteiger partial charge >= 0.3 is 0 Å². The fraction of sp³-hybridized carbons (Fsp3) is 0.429. The van der Waals surface area contributed by atoms with Gasteiger partial charge in [-0.25, -0.2) is 22.7 Å². The molecule has 0 N–H and O–H groups in total. The Bertz CT molecular complexity index is 1730. The number of carbonyl (C=O) groups is 2. The van der Waals surface area contributed by atoms with Crippen LogP contribution in [-0.2, 0) is 15.4 Å². The van der Waals surface area contributed by atoms with E-state index in [1.54, 1.807) is 12.1 Å². The largest absolute Gasteiger partial charge is 0.339 e. The second-order valence-corrected chi connectivity index (χ2v) is 15.2. The number of piperidine rings is 1. The van der Waals surface area contributed by atoms with Gasteiger partial charge in [0, 0.05) is 64.5 Å². The zero-order valence-electron chi connectivity index (χ0n) is 27.0. The highest BCUT2D eigenvalue weighted by Gasteiger charge is 2.40. The van der Waals surface area contributed by atoms with Gasteiger partial charge in [0.1, 0.15) is 6.33 Å². The lowest BCUT2D eigenvalue weighted by molar-refractivity contribution is 0.0650. The fourth-order valence-electron chi connectivity index (χ4n) is 7.20. The van der Waals surface area contributed by atoms with Gasteiger partial charge in [0.25, 0.3) is 11.8 Å². The first kappa shape index (κ1) is 32.0. The Kier molecular flexibility index (Phi) is 8.84. The minimum atomic E-state index is -3.55. The molecule has 242 valence electrons. The van der Waals surface area contributed by atoms with Crippen LogP contribution in [-0.4, -0.2) is 103 Å². The molecule has 0 saturated carbocycles. The zero-order valence-corrected chi connectivity index (χ0v) is 27.8. The van der Waals surface area contributed by atoms with Crippen molar-refractivity contribution in [3.63, 3.8) is 0 Å². The van der Waals surface area contributed by atoms with Crippen molar-refractivity contribution < 1.29 is 18.0 Å². The molecule has 3 aliphatic heterocycles. The summed E-state index contributed by atoms with van der Waals surface area (Å²) in [6.45, 7) is 8.39. The second-order valence-electron chi connectivity index (χ2n) is 13.0. The SMILES string of the molecule is Cc1ncnc(C)c1C(=O)N1C=C2CN(CCC3(c4ccccc4)CCN(C(=O)c4ccc(S(=O)(=O)N(C)C)cc4)CC3)CC2C1. The summed E-state index contributed by atoms with van der Waals surface area (Å²) in [6, 6.07) is 16.9. The molecule has 0 bridgehead atoms. The standard InChI is InChI=1S/C35H42N6O4S/c1-25-32(26(2)37-24-36-25)34(43)41-22-28-20-39(21-29(28)23-41)17-14-35(30-8-6-5-7-9-30)15-18-40(19-16-35)33(42)27-10-12-31(13-11-27)46(44,45)38(3)4/h5-13,22,24,29H,14-21,23H2,1-4H3. The van der Waals surface area contributed by atoms with Gasteiger partial charge in [0.05, 0.1) is 21.8 Å². The van der Waals surface area contributed by atoms with E-state index < -0.39 is 10.0 Å². The monoisotopic (exact) mass is 642 g/mol. The van der Waals surface area contributed by atoms with Crippen molar-refractivity contribution in [1.82, 2.24) is 29.0 Å². The summed E-state index contributed by atoms with van der Waals surface area (Å²) in [6.07, 6.45) is 6.24. The number of nitrogens with zero attached hydrogens (tertiary/aromatic N) is 6. The van der Waals surface area contributed by atoms with Crippen LogP contribution in [0.2, 0.25) is 0 Å². The minimum absolute atomic E-state index is 0.0251. The number of sulfonamides is 1. The maximum absolute atomic E-state index is 13.4. The lowest BCUT2D eigenvalue weighted by atomic mass is 9.70. The highest BCUT2D eigenvalue weighted by atomic mass is 32.2. The summed E-state index contributed by atoms with van der Waals surface area (Å²) >= 11 is 0. The second kappa shape index (κ2) is 12.7. The summed E-state index contributed by atoms with van der Waals surface area (Å²) < 4.78 is 26.1. The summed E-state index contributed by atoms with van der Waals surface area (Å²) in [5.74, 6) is 0.240. The van der Waals surface area contributed by atoms with Crippen LogP contribution in [0, 0.1) is 19.8 Å². The van der Waals surface area contributed by atoms with Crippen LogP contribution in [0.25, 0.3) is 0 Å². The highest BCUT2D eigenvalue weighted by molar-refractivity contribution is 7.89. The zero-order chi connectivity index (χ0) is 32.6. The third-order valence-electron chi connectivity index (χ3n) is 10.0. The van der Waals surface area contributed by atoms with Crippen molar-refractivity contribution in [3.8, 4) is 0 Å². The molecule has 46 heavy (non-hydrogen) atoms. The Morgan fingerprint density at radius 3 is 2.17 bits per heavy atom. The molecule has 0 radical (unpaired) electrons. The predicted octanol–water partition coefficient (Wildman–Crippen LogP) is 3.88. The first-order valence-corrected chi connectivity index (χ1v) is 17.3. The molecule has 2 amide bonds. The van der Waals surface area contributed by atoms with Gasteiger partial charge < -0.3 is 9.80 Å². The van der Waals surface area contributed by atoms with Gasteiger partial charge in [0.2, 0.25) is 10.0 Å². The van der Waals surface area contributed by atoms with E-state index in [9.17, 15) is 18.0 Å². The quantitative estimate of drug-likeness (QED) is 0.367. The van der Waals surface area contributed by atoms with Crippen LogP contribution >= 0.6 is 0 Å². The first-order chi connectivity index (χ1) is 22.0. The van der Waals surface area contributed by atoms with Gasteiger partial charge in [-0.05, 0) is 80.5 Å². The predicted molar refractivity (Wildman–Crippen MR) is 176 cm³/mol. The summed E-state index contributed by atoms with van der Waals surface area (Å²) in [4.78, 5) is 41.6. The van der Waals surface area contributed by atoms with Crippen LogP contribution < -0.4 is 0 Å². The molecule has 0 aliphatic carbocycles. The van der Waals surface area contributed by atoms with E-state index in [2.05, 4.69) is 39.1 Å². The fourth-order valence-corrected chi connectivity index (χ4v) is 8.10. The molecule has 1 unspecified atom stereocenters. The normalized spacial score (nSPS) is 19.8. The number of hydrogen-bond acceptors (Lipinski definition) is 7. The van der Waals surface area contributed by atoms with Crippen molar-refractivity contribution in [2.24, 2.45) is 5.92 Å². The molecule has 2 saturated heterocycles. The average molecular weight is 643 g/mol. The minimum Gasteiger partial charge on any atom is -0.339 e. The maximum Gasteiger partial charge on any atom is 0.261 e. The van der Waals surface area contributed by atoms with E-state index in [4.69, 9.17) is 0 Å². The molecule has 2 fully saturated rings. The van der Waals surface area contributed by atoms with Crippen LogP contribution in [0.15, 0.2) is 77.6 Å². The molecule has 10 nitrogen and oxygen atoms in total. The summed E-state index contributed by atoms with van der Waals surface area (Å²) in [5.41, 5.74) is 5.09. The molecular formula is C35H42N6O4S. The summed E-state index contributed by atoms with van der Waals surface area (Å²) in [7, 11) is -0.563. The van der Waals surface area contributed by atoms with Gasteiger partial charge in [-0.2, -0.15) is 0 Å². The molecule has 3 aliphatic rings. The Hall–Kier alpha value is -3.93. The van der Waals surface area contributed by atoms with Gasteiger partial charge in [-0.15, -0.1) is 0 Å². The Morgan fingerprint density at radius 2 is 1.57 bits per heavy atom. The van der Waals surface area contributed by atoms with E-state index in [0.29, 0.717) is 48.1 Å². The van der Waals surface area contributed by atoms with E-state index in [1.807, 2.05) is 35.9 Å². The maximum atomic E-state index is 13.4. The van der Waals surface area contributed by atoms with Crippen LogP contribution in [0.3, 0.4) is 0 Å². The van der Waals surface area contributed by atoms with E-state index in [-0.39, 0.29) is 22.1 Å². The lowest BCUT2D eigenvalue weighted by Gasteiger charge is -2.43. The van der Waals surface area contributed by atoms with Crippen molar-refractivity contribution >= 4 is 21.8 Å². The van der Waals surface area contributed by atoms with E-state index >= 15 is 0 Å². The van der Waals surface area contributed by atoms with Crippen LogP contribution in [0.4, 0.5) is 0 Å². The molecule has 3 aromatic rings. The van der Waals surface area contributed by atoms with Gasteiger partial charge in [-0.1, -0.05) is 30.3 Å². The molecule has 4 heterocycles. The van der Waals surface area contributed by atoms with E-state index in [0.717, 1.165) is 38.9 Å². The molecule has 0 spiro atoms. The highest BCUT2D eigenvalue weighted by Crippen LogP contribution is 2.40. The average Bonchev–Trinajstić information content (AvgIpc) is 3.63. The molecule has 2 aromatic carbocycles. The number of fused-ring (bicyclic) bond motifs is 1. The smallest absolute Gasteiger partial charge is 0.261 e. The molecule has 11 heteroatoms. The van der Waals surface area contributed by atoms with Crippen molar-refractivity contribution in [2.75, 3.05) is 53.4 Å².